The summed E-state index contributed by atoms with van der Waals surface area (Å²) >= 11 is 1.79. The standard InChI is InChI=1S/C7H13N3S/c8-7-3-5-1-2-10(9)4-6(5)11-7/h7H,1-4,8-9H2. The van der Waals surface area contributed by atoms with Crippen molar-refractivity contribution >= 4 is 11.8 Å². The molecule has 1 unspecified atom stereocenters. The van der Waals surface area contributed by atoms with Gasteiger partial charge >= 0.3 is 0 Å². The second-order valence-electron chi connectivity index (χ2n) is 3.11. The van der Waals surface area contributed by atoms with Crippen molar-refractivity contribution in [2.45, 2.75) is 18.2 Å². The second kappa shape index (κ2) is 2.79. The van der Waals surface area contributed by atoms with Crippen LogP contribution in [0.25, 0.3) is 0 Å². The summed E-state index contributed by atoms with van der Waals surface area (Å²) in [6, 6.07) is 0. The quantitative estimate of drug-likeness (QED) is 0.513. The Balaban J connectivity index is 2.10. The molecule has 0 aliphatic carbocycles. The lowest BCUT2D eigenvalue weighted by atomic mass is 10.1. The summed E-state index contributed by atoms with van der Waals surface area (Å²) in [4.78, 5) is 1.42. The van der Waals surface area contributed by atoms with E-state index in [0.717, 1.165) is 25.9 Å². The first-order valence-electron chi connectivity index (χ1n) is 3.88. The molecular formula is C7H13N3S. The predicted molar refractivity (Wildman–Crippen MR) is 47.6 cm³/mol. The van der Waals surface area contributed by atoms with Crippen molar-refractivity contribution in [1.82, 2.24) is 5.01 Å². The molecule has 0 saturated carbocycles. The van der Waals surface area contributed by atoms with Crippen molar-refractivity contribution in [3.05, 3.63) is 10.5 Å². The molecule has 1 atom stereocenters. The highest BCUT2D eigenvalue weighted by atomic mass is 32.2. The van der Waals surface area contributed by atoms with Crippen molar-refractivity contribution in [2.75, 3.05) is 13.1 Å². The number of thioether (sulfide) groups is 1. The molecule has 2 heterocycles. The average Bonchev–Trinajstić information content (AvgIpc) is 2.27. The van der Waals surface area contributed by atoms with Crippen LogP contribution in [0.3, 0.4) is 0 Å². The Labute approximate surface area is 70.8 Å². The molecule has 0 radical (unpaired) electrons. The van der Waals surface area contributed by atoms with Crippen LogP contribution >= 0.6 is 11.8 Å². The minimum Gasteiger partial charge on any atom is -0.319 e. The molecule has 4 N–H and O–H groups in total. The van der Waals surface area contributed by atoms with Crippen LogP contribution in [0.4, 0.5) is 0 Å². The third kappa shape index (κ3) is 1.44. The lowest BCUT2D eigenvalue weighted by Crippen LogP contribution is -2.36. The fourth-order valence-corrected chi connectivity index (χ4v) is 2.84. The maximum absolute atomic E-state index is 5.80. The van der Waals surface area contributed by atoms with Crippen LogP contribution in [0.2, 0.25) is 0 Å². The summed E-state index contributed by atoms with van der Waals surface area (Å²) in [6.07, 6.45) is 2.19. The van der Waals surface area contributed by atoms with Gasteiger partial charge < -0.3 is 5.73 Å². The summed E-state index contributed by atoms with van der Waals surface area (Å²) in [5.41, 5.74) is 7.35. The Morgan fingerprint density at radius 3 is 3.18 bits per heavy atom. The molecule has 4 heteroatoms. The molecule has 0 aromatic rings. The molecule has 0 aromatic heterocycles. The van der Waals surface area contributed by atoms with E-state index >= 15 is 0 Å². The third-order valence-corrected chi connectivity index (χ3v) is 3.35. The van der Waals surface area contributed by atoms with Gasteiger partial charge in [0.05, 0.1) is 5.37 Å². The smallest absolute Gasteiger partial charge is 0.0589 e. The van der Waals surface area contributed by atoms with Gasteiger partial charge in [0.1, 0.15) is 0 Å². The Morgan fingerprint density at radius 2 is 2.36 bits per heavy atom. The molecule has 62 valence electrons. The van der Waals surface area contributed by atoms with Crippen LogP contribution < -0.4 is 11.6 Å². The van der Waals surface area contributed by atoms with E-state index in [9.17, 15) is 0 Å². The van der Waals surface area contributed by atoms with Gasteiger partial charge in [-0.1, -0.05) is 5.57 Å². The van der Waals surface area contributed by atoms with Gasteiger partial charge in [0.2, 0.25) is 0 Å². The van der Waals surface area contributed by atoms with E-state index in [4.69, 9.17) is 11.6 Å². The lowest BCUT2D eigenvalue weighted by molar-refractivity contribution is 0.302. The average molecular weight is 171 g/mol. The van der Waals surface area contributed by atoms with Crippen molar-refractivity contribution in [3.8, 4) is 0 Å². The van der Waals surface area contributed by atoms with Gasteiger partial charge in [-0.25, -0.2) is 5.01 Å². The first-order chi connectivity index (χ1) is 5.25. The normalized spacial score (nSPS) is 32.7. The molecule has 0 bridgehead atoms. The van der Waals surface area contributed by atoms with Gasteiger partial charge in [-0.2, -0.15) is 0 Å². The molecular weight excluding hydrogens is 158 g/mol. The van der Waals surface area contributed by atoms with E-state index in [1.165, 1.54) is 4.91 Å². The SMILES string of the molecule is NC1CC2=C(CN(N)CC2)S1. The van der Waals surface area contributed by atoms with Crippen LogP contribution in [-0.4, -0.2) is 23.5 Å². The Bertz CT molecular complexity index is 202. The number of hydrogen-bond donors (Lipinski definition) is 2. The molecule has 0 saturated heterocycles. The summed E-state index contributed by atoms with van der Waals surface area (Å²) in [5.74, 6) is 5.68. The summed E-state index contributed by atoms with van der Waals surface area (Å²) in [7, 11) is 0. The number of hydrogen-bond acceptors (Lipinski definition) is 4. The van der Waals surface area contributed by atoms with Crippen LogP contribution in [0.5, 0.6) is 0 Å². The fourth-order valence-electron chi connectivity index (χ4n) is 1.60. The number of hydrazine groups is 1. The van der Waals surface area contributed by atoms with Crippen LogP contribution in [-0.2, 0) is 0 Å². The van der Waals surface area contributed by atoms with Gasteiger partial charge in [0.15, 0.2) is 0 Å². The Hall–Kier alpha value is -0.0300. The Morgan fingerprint density at radius 1 is 1.55 bits per heavy atom. The Kier molecular flexibility index (Phi) is 1.93. The van der Waals surface area contributed by atoms with Crippen molar-refractivity contribution in [1.29, 1.82) is 0 Å². The summed E-state index contributed by atoms with van der Waals surface area (Å²) < 4.78 is 0. The zero-order valence-corrected chi connectivity index (χ0v) is 7.23. The molecule has 2 rings (SSSR count). The minimum atomic E-state index is 0.298. The van der Waals surface area contributed by atoms with Gasteiger partial charge in [-0.15, -0.1) is 11.8 Å². The largest absolute Gasteiger partial charge is 0.319 e. The maximum Gasteiger partial charge on any atom is 0.0589 e. The molecule has 2 aliphatic heterocycles. The van der Waals surface area contributed by atoms with Gasteiger partial charge in [-0.05, 0) is 12.8 Å². The van der Waals surface area contributed by atoms with Crippen LogP contribution in [0, 0.1) is 0 Å². The highest BCUT2D eigenvalue weighted by Gasteiger charge is 2.25. The number of nitrogens with two attached hydrogens (primary N) is 2. The predicted octanol–water partition coefficient (Wildman–Crippen LogP) is 0.242. The van der Waals surface area contributed by atoms with Gasteiger partial charge in [0, 0.05) is 18.0 Å². The van der Waals surface area contributed by atoms with E-state index in [1.54, 1.807) is 17.3 Å². The van der Waals surface area contributed by atoms with Crippen molar-refractivity contribution in [3.63, 3.8) is 0 Å². The summed E-state index contributed by atoms with van der Waals surface area (Å²) in [5, 5.41) is 2.16. The second-order valence-corrected chi connectivity index (χ2v) is 4.44. The zero-order chi connectivity index (χ0) is 7.84. The molecule has 2 aliphatic rings. The molecule has 0 amide bonds. The van der Waals surface area contributed by atoms with Crippen LogP contribution in [0.1, 0.15) is 12.8 Å². The van der Waals surface area contributed by atoms with Crippen LogP contribution in [0.15, 0.2) is 10.5 Å². The van der Waals surface area contributed by atoms with Gasteiger partial charge in [0.25, 0.3) is 0 Å². The van der Waals surface area contributed by atoms with E-state index in [2.05, 4.69) is 0 Å². The maximum atomic E-state index is 5.80. The van der Waals surface area contributed by atoms with Gasteiger partial charge in [-0.3, -0.25) is 5.84 Å². The topological polar surface area (TPSA) is 55.3 Å². The molecule has 0 aromatic carbocycles. The lowest BCUT2D eigenvalue weighted by Gasteiger charge is -2.22. The van der Waals surface area contributed by atoms with E-state index in [0.29, 0.717) is 5.37 Å². The monoisotopic (exact) mass is 171 g/mol. The zero-order valence-electron chi connectivity index (χ0n) is 6.42. The first kappa shape index (κ1) is 7.61. The highest BCUT2D eigenvalue weighted by molar-refractivity contribution is 8.03. The fraction of sp³-hybridized carbons (Fsp3) is 0.714. The first-order valence-corrected chi connectivity index (χ1v) is 4.76. The number of rotatable bonds is 0. The highest BCUT2D eigenvalue weighted by Crippen LogP contribution is 2.38. The van der Waals surface area contributed by atoms with Crippen molar-refractivity contribution in [2.24, 2.45) is 11.6 Å². The molecule has 0 fully saturated rings. The molecule has 11 heavy (non-hydrogen) atoms. The van der Waals surface area contributed by atoms with E-state index in [-0.39, 0.29) is 0 Å². The van der Waals surface area contributed by atoms with E-state index in [1.807, 2.05) is 5.01 Å². The third-order valence-electron chi connectivity index (χ3n) is 2.18. The summed E-state index contributed by atoms with van der Waals surface area (Å²) in [6.45, 7) is 1.90. The molecule has 0 spiro atoms. The molecule has 3 nitrogen and oxygen atoms in total. The van der Waals surface area contributed by atoms with Crippen molar-refractivity contribution < 1.29 is 0 Å². The minimum absolute atomic E-state index is 0.298. The number of nitrogens with zero attached hydrogens (tertiary/aromatic N) is 1. The van der Waals surface area contributed by atoms with E-state index < -0.39 is 0 Å².